The molecule has 0 unspecified atom stereocenters. The van der Waals surface area contributed by atoms with Gasteiger partial charge in [0, 0.05) is 44.1 Å². The van der Waals surface area contributed by atoms with Gasteiger partial charge in [0.05, 0.1) is 6.42 Å². The molecule has 1 N–H and O–H groups in total. The standard InChI is InChI=1S/C19H22FN3O2/c1-14-11-16(3-4-17(14)20)19(25)23-8-2-7-22(9-10-23)18(24)12-15-5-6-21-13-15/h3-6,11,13,21H,2,7-10,12H2,1H3. The third-order valence-corrected chi connectivity index (χ3v) is 4.56. The fraction of sp³-hybridized carbons (Fsp3) is 0.368. The van der Waals surface area contributed by atoms with E-state index in [0.717, 1.165) is 12.0 Å². The summed E-state index contributed by atoms with van der Waals surface area (Å²) in [4.78, 5) is 31.6. The highest BCUT2D eigenvalue weighted by Gasteiger charge is 2.23. The van der Waals surface area contributed by atoms with E-state index in [2.05, 4.69) is 4.98 Å². The second-order valence-electron chi connectivity index (χ2n) is 6.39. The van der Waals surface area contributed by atoms with Crippen LogP contribution in [0.2, 0.25) is 0 Å². The molecule has 1 fully saturated rings. The third kappa shape index (κ3) is 4.07. The number of aromatic amines is 1. The molecule has 132 valence electrons. The average molecular weight is 343 g/mol. The first-order valence-electron chi connectivity index (χ1n) is 8.49. The maximum Gasteiger partial charge on any atom is 0.253 e. The van der Waals surface area contributed by atoms with Gasteiger partial charge in [0.2, 0.25) is 5.91 Å². The molecule has 1 aliphatic rings. The van der Waals surface area contributed by atoms with Crippen molar-refractivity contribution < 1.29 is 14.0 Å². The monoisotopic (exact) mass is 343 g/mol. The predicted molar refractivity (Wildman–Crippen MR) is 92.7 cm³/mol. The Bertz CT molecular complexity index is 758. The predicted octanol–water partition coefficient (Wildman–Crippen LogP) is 2.38. The molecule has 0 atom stereocenters. The van der Waals surface area contributed by atoms with Gasteiger partial charge in [-0.25, -0.2) is 4.39 Å². The van der Waals surface area contributed by atoms with E-state index in [-0.39, 0.29) is 17.6 Å². The van der Waals surface area contributed by atoms with Gasteiger partial charge >= 0.3 is 0 Å². The first-order valence-corrected chi connectivity index (χ1v) is 8.49. The van der Waals surface area contributed by atoms with Crippen LogP contribution < -0.4 is 0 Å². The molecule has 2 aromatic rings. The van der Waals surface area contributed by atoms with Crippen molar-refractivity contribution in [2.24, 2.45) is 0 Å². The smallest absolute Gasteiger partial charge is 0.253 e. The van der Waals surface area contributed by atoms with Gasteiger partial charge in [0.1, 0.15) is 5.82 Å². The summed E-state index contributed by atoms with van der Waals surface area (Å²) in [5.41, 5.74) is 1.92. The molecular weight excluding hydrogens is 321 g/mol. The van der Waals surface area contributed by atoms with Gasteiger partial charge < -0.3 is 14.8 Å². The maximum absolute atomic E-state index is 13.4. The van der Waals surface area contributed by atoms with Gasteiger partial charge in [-0.15, -0.1) is 0 Å². The summed E-state index contributed by atoms with van der Waals surface area (Å²) < 4.78 is 13.4. The summed E-state index contributed by atoms with van der Waals surface area (Å²) in [5, 5.41) is 0. The Balaban J connectivity index is 1.61. The largest absolute Gasteiger partial charge is 0.367 e. The van der Waals surface area contributed by atoms with Crippen LogP contribution >= 0.6 is 0 Å². The molecule has 2 heterocycles. The second kappa shape index (κ2) is 7.51. The number of nitrogens with one attached hydrogen (secondary N) is 1. The molecule has 0 spiro atoms. The average Bonchev–Trinajstić information content (AvgIpc) is 2.98. The molecule has 0 saturated carbocycles. The molecule has 0 aliphatic carbocycles. The number of carbonyl (C=O) groups is 2. The molecule has 1 aromatic carbocycles. The van der Waals surface area contributed by atoms with E-state index in [1.165, 1.54) is 12.1 Å². The number of hydrogen-bond donors (Lipinski definition) is 1. The summed E-state index contributed by atoms with van der Waals surface area (Å²) in [5.74, 6) is -0.344. The van der Waals surface area contributed by atoms with Crippen molar-refractivity contribution in [1.29, 1.82) is 0 Å². The Kier molecular flexibility index (Phi) is 5.16. The molecule has 6 heteroatoms. The highest BCUT2D eigenvalue weighted by atomic mass is 19.1. The second-order valence-corrected chi connectivity index (χ2v) is 6.39. The third-order valence-electron chi connectivity index (χ3n) is 4.56. The van der Waals surface area contributed by atoms with Crippen LogP contribution in [0.3, 0.4) is 0 Å². The number of rotatable bonds is 3. The summed E-state index contributed by atoms with van der Waals surface area (Å²) in [6, 6.07) is 6.32. The van der Waals surface area contributed by atoms with Crippen LogP contribution in [0.15, 0.2) is 36.7 Å². The zero-order valence-electron chi connectivity index (χ0n) is 14.3. The van der Waals surface area contributed by atoms with E-state index in [9.17, 15) is 14.0 Å². The van der Waals surface area contributed by atoms with E-state index >= 15 is 0 Å². The Morgan fingerprint density at radius 1 is 1.12 bits per heavy atom. The molecule has 3 rings (SSSR count). The minimum Gasteiger partial charge on any atom is -0.367 e. The molecule has 1 aromatic heterocycles. The van der Waals surface area contributed by atoms with Crippen LogP contribution in [-0.4, -0.2) is 52.8 Å². The molecule has 5 nitrogen and oxygen atoms in total. The molecule has 0 bridgehead atoms. The van der Waals surface area contributed by atoms with Gasteiger partial charge in [-0.2, -0.15) is 0 Å². The van der Waals surface area contributed by atoms with Crippen molar-refractivity contribution in [2.45, 2.75) is 19.8 Å². The van der Waals surface area contributed by atoms with Crippen molar-refractivity contribution in [3.63, 3.8) is 0 Å². The van der Waals surface area contributed by atoms with E-state index in [4.69, 9.17) is 0 Å². The molecule has 1 saturated heterocycles. The number of halogens is 1. The Morgan fingerprint density at radius 2 is 1.88 bits per heavy atom. The Labute approximate surface area is 146 Å². The molecule has 1 aliphatic heterocycles. The molecule has 2 amide bonds. The van der Waals surface area contributed by atoms with Crippen molar-refractivity contribution in [1.82, 2.24) is 14.8 Å². The minimum atomic E-state index is -0.311. The highest BCUT2D eigenvalue weighted by Crippen LogP contribution is 2.14. The number of carbonyl (C=O) groups excluding carboxylic acids is 2. The molecule has 0 radical (unpaired) electrons. The van der Waals surface area contributed by atoms with Crippen LogP contribution in [0.1, 0.15) is 27.9 Å². The van der Waals surface area contributed by atoms with Crippen LogP contribution in [0.5, 0.6) is 0 Å². The van der Waals surface area contributed by atoms with E-state index in [1.54, 1.807) is 24.1 Å². The number of H-pyrrole nitrogens is 1. The lowest BCUT2D eigenvalue weighted by Gasteiger charge is -2.22. The summed E-state index contributed by atoms with van der Waals surface area (Å²) in [6.45, 7) is 3.91. The lowest BCUT2D eigenvalue weighted by atomic mass is 10.1. The summed E-state index contributed by atoms with van der Waals surface area (Å²) in [6.07, 6.45) is 4.73. The summed E-state index contributed by atoms with van der Waals surface area (Å²) >= 11 is 0. The number of amides is 2. The first kappa shape index (κ1) is 17.2. The fourth-order valence-corrected chi connectivity index (χ4v) is 3.09. The van der Waals surface area contributed by atoms with E-state index in [0.29, 0.717) is 43.7 Å². The van der Waals surface area contributed by atoms with Gasteiger partial charge in [0.15, 0.2) is 0 Å². The van der Waals surface area contributed by atoms with Crippen LogP contribution in [0.4, 0.5) is 4.39 Å². The zero-order valence-corrected chi connectivity index (χ0v) is 14.3. The van der Waals surface area contributed by atoms with Crippen molar-refractivity contribution in [3.05, 3.63) is 59.2 Å². The normalized spacial score (nSPS) is 15.1. The first-order chi connectivity index (χ1) is 12.0. The van der Waals surface area contributed by atoms with E-state index < -0.39 is 0 Å². The maximum atomic E-state index is 13.4. The number of aromatic nitrogens is 1. The van der Waals surface area contributed by atoms with Gasteiger partial charge in [-0.1, -0.05) is 0 Å². The van der Waals surface area contributed by atoms with Crippen LogP contribution in [0, 0.1) is 12.7 Å². The number of benzene rings is 1. The van der Waals surface area contributed by atoms with E-state index in [1.807, 2.05) is 17.2 Å². The van der Waals surface area contributed by atoms with Crippen molar-refractivity contribution in [3.8, 4) is 0 Å². The number of hydrogen-bond acceptors (Lipinski definition) is 2. The lowest BCUT2D eigenvalue weighted by Crippen LogP contribution is -2.38. The van der Waals surface area contributed by atoms with Gasteiger partial charge in [-0.3, -0.25) is 9.59 Å². The Morgan fingerprint density at radius 3 is 2.60 bits per heavy atom. The number of nitrogens with zero attached hydrogens (tertiary/aromatic N) is 2. The van der Waals surface area contributed by atoms with Crippen molar-refractivity contribution >= 4 is 11.8 Å². The summed E-state index contributed by atoms with van der Waals surface area (Å²) in [7, 11) is 0. The van der Waals surface area contributed by atoms with Crippen molar-refractivity contribution in [2.75, 3.05) is 26.2 Å². The van der Waals surface area contributed by atoms with Crippen LogP contribution in [-0.2, 0) is 11.2 Å². The van der Waals surface area contributed by atoms with Gasteiger partial charge in [0.25, 0.3) is 5.91 Å². The Hall–Kier alpha value is -2.63. The molecular formula is C19H22FN3O2. The molecule has 25 heavy (non-hydrogen) atoms. The highest BCUT2D eigenvalue weighted by molar-refractivity contribution is 5.94. The quantitative estimate of drug-likeness (QED) is 0.930. The SMILES string of the molecule is Cc1cc(C(=O)N2CCCN(C(=O)Cc3cc[nH]c3)CC2)ccc1F. The van der Waals surface area contributed by atoms with Crippen LogP contribution in [0.25, 0.3) is 0 Å². The number of aryl methyl sites for hydroxylation is 1. The zero-order chi connectivity index (χ0) is 17.8. The fourth-order valence-electron chi connectivity index (χ4n) is 3.09. The minimum absolute atomic E-state index is 0.0755. The topological polar surface area (TPSA) is 56.4 Å². The van der Waals surface area contributed by atoms with Gasteiger partial charge in [-0.05, 0) is 48.7 Å². The lowest BCUT2D eigenvalue weighted by molar-refractivity contribution is -0.130.